The van der Waals surface area contributed by atoms with E-state index < -0.39 is 0 Å². The highest BCUT2D eigenvalue weighted by molar-refractivity contribution is 9.09. The van der Waals surface area contributed by atoms with Crippen LogP contribution in [0.1, 0.15) is 16.8 Å². The van der Waals surface area contributed by atoms with E-state index in [1.54, 1.807) is 12.1 Å². The molecule has 3 heteroatoms. The van der Waals surface area contributed by atoms with Crippen LogP contribution in [0.15, 0.2) is 24.3 Å². The molecule has 1 aromatic carbocycles. The molecule has 12 heavy (non-hydrogen) atoms. The zero-order valence-electron chi connectivity index (χ0n) is 6.43. The maximum absolute atomic E-state index is 13.1. The topological polar surface area (TPSA) is 0 Å². The molecule has 0 saturated carbocycles. The van der Waals surface area contributed by atoms with E-state index in [9.17, 15) is 4.39 Å². The van der Waals surface area contributed by atoms with E-state index in [4.69, 9.17) is 11.6 Å². The van der Waals surface area contributed by atoms with E-state index in [1.807, 2.05) is 6.07 Å². The predicted octanol–water partition coefficient (Wildman–Crippen LogP) is 3.89. The minimum absolute atomic E-state index is 0.0243. The van der Waals surface area contributed by atoms with Crippen molar-refractivity contribution in [1.82, 2.24) is 0 Å². The monoisotopic (exact) mass is 250 g/mol. The summed E-state index contributed by atoms with van der Waals surface area (Å²) in [4.78, 5) is 0.0243. The van der Waals surface area contributed by atoms with Gasteiger partial charge in [-0.1, -0.05) is 34.1 Å². The fraction of sp³-hybridized carbons (Fsp3) is 0.333. The maximum Gasteiger partial charge on any atom is 0.127 e. The minimum Gasteiger partial charge on any atom is -0.207 e. The summed E-state index contributed by atoms with van der Waals surface area (Å²) in [6, 6.07) is 6.72. The van der Waals surface area contributed by atoms with Crippen molar-refractivity contribution in [1.29, 1.82) is 0 Å². The largest absolute Gasteiger partial charge is 0.207 e. The van der Waals surface area contributed by atoms with E-state index in [1.165, 1.54) is 6.07 Å². The lowest BCUT2D eigenvalue weighted by atomic mass is 10.1. The third-order valence-corrected chi connectivity index (χ3v) is 2.77. The summed E-state index contributed by atoms with van der Waals surface area (Å²) in [5, 5.41) is 0. The molecule has 1 unspecified atom stereocenters. The lowest BCUT2D eigenvalue weighted by Crippen LogP contribution is -1.94. The molecule has 0 heterocycles. The van der Waals surface area contributed by atoms with Crippen LogP contribution in [-0.4, -0.2) is 5.88 Å². The molecule has 0 bridgehead atoms. The standard InChI is InChI=1S/C9H9BrClF/c10-8(5-6-11)7-3-1-2-4-9(7)12/h1-4,8H,5-6H2. The lowest BCUT2D eigenvalue weighted by Gasteiger charge is -2.08. The molecule has 66 valence electrons. The van der Waals surface area contributed by atoms with E-state index >= 15 is 0 Å². The smallest absolute Gasteiger partial charge is 0.127 e. The first-order chi connectivity index (χ1) is 5.75. The second kappa shape index (κ2) is 4.83. The average Bonchev–Trinajstić information content (AvgIpc) is 2.05. The van der Waals surface area contributed by atoms with Crippen molar-refractivity contribution >= 4 is 27.5 Å². The number of benzene rings is 1. The second-order valence-electron chi connectivity index (χ2n) is 2.47. The normalized spacial score (nSPS) is 12.9. The maximum atomic E-state index is 13.1. The van der Waals surface area contributed by atoms with Crippen LogP contribution >= 0.6 is 27.5 Å². The number of halogens is 3. The molecular weight excluding hydrogens is 242 g/mol. The molecule has 0 fully saturated rings. The molecule has 0 aliphatic carbocycles. The van der Waals surface area contributed by atoms with Crippen LogP contribution in [0.5, 0.6) is 0 Å². The van der Waals surface area contributed by atoms with E-state index in [0.29, 0.717) is 11.4 Å². The molecule has 0 spiro atoms. The van der Waals surface area contributed by atoms with Crippen molar-refractivity contribution in [2.75, 3.05) is 5.88 Å². The van der Waals surface area contributed by atoms with Gasteiger partial charge in [0.1, 0.15) is 5.82 Å². The summed E-state index contributed by atoms with van der Waals surface area (Å²) in [5.41, 5.74) is 0.679. The van der Waals surface area contributed by atoms with Crippen molar-refractivity contribution < 1.29 is 4.39 Å². The van der Waals surface area contributed by atoms with Crippen molar-refractivity contribution in [3.63, 3.8) is 0 Å². The van der Waals surface area contributed by atoms with Crippen molar-refractivity contribution in [3.8, 4) is 0 Å². The van der Waals surface area contributed by atoms with Crippen LogP contribution in [0.3, 0.4) is 0 Å². The molecule has 1 atom stereocenters. The fourth-order valence-electron chi connectivity index (χ4n) is 0.980. The lowest BCUT2D eigenvalue weighted by molar-refractivity contribution is 0.607. The highest BCUT2D eigenvalue weighted by atomic mass is 79.9. The Morgan fingerprint density at radius 3 is 2.67 bits per heavy atom. The minimum atomic E-state index is -0.176. The summed E-state index contributed by atoms with van der Waals surface area (Å²) in [7, 11) is 0. The van der Waals surface area contributed by atoms with Gasteiger partial charge >= 0.3 is 0 Å². The van der Waals surface area contributed by atoms with Gasteiger partial charge in [0.25, 0.3) is 0 Å². The molecule has 0 nitrogen and oxygen atoms in total. The average molecular weight is 252 g/mol. The first kappa shape index (κ1) is 10.0. The Hall–Kier alpha value is -0.0800. The van der Waals surface area contributed by atoms with Crippen molar-refractivity contribution in [2.24, 2.45) is 0 Å². The Morgan fingerprint density at radius 2 is 2.08 bits per heavy atom. The van der Waals surface area contributed by atoms with Crippen LogP contribution in [0.2, 0.25) is 0 Å². The fourth-order valence-corrected chi connectivity index (χ4v) is 2.06. The Morgan fingerprint density at radius 1 is 1.42 bits per heavy atom. The van der Waals surface area contributed by atoms with Gasteiger partial charge in [0, 0.05) is 16.3 Å². The summed E-state index contributed by atoms with van der Waals surface area (Å²) in [6.07, 6.45) is 0.739. The molecule has 0 N–H and O–H groups in total. The molecule has 0 aliphatic rings. The number of hydrogen-bond acceptors (Lipinski definition) is 0. The third kappa shape index (κ3) is 2.46. The van der Waals surface area contributed by atoms with Crippen molar-refractivity contribution in [2.45, 2.75) is 11.2 Å². The molecule has 0 aliphatic heterocycles. The van der Waals surface area contributed by atoms with Gasteiger partial charge in [-0.15, -0.1) is 11.6 Å². The van der Waals surface area contributed by atoms with Gasteiger partial charge in [-0.3, -0.25) is 0 Å². The molecule has 0 aromatic heterocycles. The predicted molar refractivity (Wildman–Crippen MR) is 53.4 cm³/mol. The van der Waals surface area contributed by atoms with Crippen molar-refractivity contribution in [3.05, 3.63) is 35.6 Å². The molecule has 0 radical (unpaired) electrons. The highest BCUT2D eigenvalue weighted by Crippen LogP contribution is 2.28. The zero-order chi connectivity index (χ0) is 8.97. The Balaban J connectivity index is 2.79. The Labute approximate surface area is 84.9 Å². The second-order valence-corrected chi connectivity index (χ2v) is 3.95. The van der Waals surface area contributed by atoms with E-state index in [0.717, 1.165) is 6.42 Å². The third-order valence-electron chi connectivity index (χ3n) is 1.61. The highest BCUT2D eigenvalue weighted by Gasteiger charge is 2.10. The van der Waals surface area contributed by atoms with Gasteiger partial charge < -0.3 is 0 Å². The van der Waals surface area contributed by atoms with Crippen LogP contribution in [0.4, 0.5) is 4.39 Å². The van der Waals surface area contributed by atoms with Crippen LogP contribution in [0.25, 0.3) is 0 Å². The molecule has 1 aromatic rings. The van der Waals surface area contributed by atoms with Gasteiger partial charge in [0.2, 0.25) is 0 Å². The van der Waals surface area contributed by atoms with Crippen LogP contribution in [0, 0.1) is 5.82 Å². The number of alkyl halides is 2. The Kier molecular flexibility index (Phi) is 4.02. The van der Waals surface area contributed by atoms with E-state index in [-0.39, 0.29) is 10.6 Å². The first-order valence-electron chi connectivity index (χ1n) is 3.70. The molecule has 0 saturated heterocycles. The zero-order valence-corrected chi connectivity index (χ0v) is 8.78. The summed E-state index contributed by atoms with van der Waals surface area (Å²) in [6.45, 7) is 0. The molecular formula is C9H9BrClF. The number of rotatable bonds is 3. The van der Waals surface area contributed by atoms with Gasteiger partial charge in [-0.2, -0.15) is 0 Å². The van der Waals surface area contributed by atoms with Gasteiger partial charge in [0.15, 0.2) is 0 Å². The van der Waals surface area contributed by atoms with Crippen LogP contribution in [-0.2, 0) is 0 Å². The molecule has 1 rings (SSSR count). The quantitative estimate of drug-likeness (QED) is 0.715. The Bertz CT molecular complexity index is 252. The number of hydrogen-bond donors (Lipinski definition) is 0. The first-order valence-corrected chi connectivity index (χ1v) is 5.15. The molecule has 0 amide bonds. The van der Waals surface area contributed by atoms with Crippen LogP contribution < -0.4 is 0 Å². The SMILES string of the molecule is Fc1ccccc1C(Br)CCCl. The summed E-state index contributed by atoms with van der Waals surface area (Å²) in [5.74, 6) is 0.356. The summed E-state index contributed by atoms with van der Waals surface area (Å²) < 4.78 is 13.1. The van der Waals surface area contributed by atoms with E-state index in [2.05, 4.69) is 15.9 Å². The summed E-state index contributed by atoms with van der Waals surface area (Å²) >= 11 is 8.92. The van der Waals surface area contributed by atoms with Gasteiger partial charge in [0.05, 0.1) is 0 Å². The van der Waals surface area contributed by atoms with Gasteiger partial charge in [-0.05, 0) is 12.5 Å². The van der Waals surface area contributed by atoms with Gasteiger partial charge in [-0.25, -0.2) is 4.39 Å².